The summed E-state index contributed by atoms with van der Waals surface area (Å²) in [5.74, 6) is 0. The second kappa shape index (κ2) is 7.62. The van der Waals surface area contributed by atoms with Crippen LogP contribution in [0.2, 0.25) is 0 Å². The van der Waals surface area contributed by atoms with E-state index in [4.69, 9.17) is 5.73 Å². The fraction of sp³-hybridized carbons (Fsp3) is 0.333. The maximum absolute atomic E-state index is 5.97. The van der Waals surface area contributed by atoms with Crippen LogP contribution in [-0.2, 0) is 0 Å². The fourth-order valence-corrected chi connectivity index (χ4v) is 2.95. The van der Waals surface area contributed by atoms with Crippen LogP contribution in [0.5, 0.6) is 0 Å². The van der Waals surface area contributed by atoms with Crippen molar-refractivity contribution in [1.29, 1.82) is 0 Å². The number of nitrogens with two attached hydrogens (primary N) is 1. The molecule has 0 radical (unpaired) electrons. The van der Waals surface area contributed by atoms with Crippen LogP contribution in [0, 0.1) is 0 Å². The van der Waals surface area contributed by atoms with Gasteiger partial charge < -0.3 is 10.6 Å². The number of rotatable bonds is 6. The van der Waals surface area contributed by atoms with E-state index in [0.29, 0.717) is 0 Å². The summed E-state index contributed by atoms with van der Waals surface area (Å²) in [6.07, 6.45) is 2.34. The first kappa shape index (κ1) is 16.1. The summed E-state index contributed by atoms with van der Waals surface area (Å²) in [5, 5.41) is 0. The number of anilines is 2. The molecule has 3 heteroatoms. The van der Waals surface area contributed by atoms with Gasteiger partial charge in [0.15, 0.2) is 0 Å². The number of hydrogen-bond acceptors (Lipinski definition) is 2. The van der Waals surface area contributed by atoms with Crippen molar-refractivity contribution in [2.24, 2.45) is 5.73 Å². The van der Waals surface area contributed by atoms with Gasteiger partial charge in [0.05, 0.1) is 5.69 Å². The minimum Gasteiger partial charge on any atom is -0.341 e. The van der Waals surface area contributed by atoms with Gasteiger partial charge in [-0.05, 0) is 59.1 Å². The first-order valence-corrected chi connectivity index (χ1v) is 8.30. The number of unbranched alkanes of at least 4 members (excludes halogenated alkanes) is 1. The van der Waals surface area contributed by atoms with Crippen molar-refractivity contribution in [2.45, 2.75) is 32.7 Å². The summed E-state index contributed by atoms with van der Waals surface area (Å²) in [5.41, 5.74) is 9.53. The summed E-state index contributed by atoms with van der Waals surface area (Å²) >= 11 is 3.71. The Labute approximate surface area is 136 Å². The van der Waals surface area contributed by atoms with E-state index in [9.17, 15) is 0 Å². The van der Waals surface area contributed by atoms with Crippen molar-refractivity contribution in [2.75, 3.05) is 11.4 Å². The van der Waals surface area contributed by atoms with Gasteiger partial charge in [-0.2, -0.15) is 0 Å². The monoisotopic (exact) mass is 346 g/mol. The van der Waals surface area contributed by atoms with Gasteiger partial charge in [0.1, 0.15) is 0 Å². The van der Waals surface area contributed by atoms with Gasteiger partial charge in [-0.3, -0.25) is 0 Å². The largest absolute Gasteiger partial charge is 0.341 e. The van der Waals surface area contributed by atoms with Crippen molar-refractivity contribution < 1.29 is 0 Å². The van der Waals surface area contributed by atoms with Crippen LogP contribution in [0.1, 0.15) is 38.3 Å². The van der Waals surface area contributed by atoms with Crippen molar-refractivity contribution in [1.82, 2.24) is 0 Å². The molecule has 112 valence electrons. The Morgan fingerprint density at radius 2 is 1.86 bits per heavy atom. The molecule has 0 aliphatic heterocycles. The Hall–Kier alpha value is -1.32. The van der Waals surface area contributed by atoms with Crippen molar-refractivity contribution in [3.8, 4) is 0 Å². The van der Waals surface area contributed by atoms with E-state index >= 15 is 0 Å². The summed E-state index contributed by atoms with van der Waals surface area (Å²) in [4.78, 5) is 2.36. The van der Waals surface area contributed by atoms with Crippen LogP contribution >= 0.6 is 15.9 Å². The molecule has 1 atom stereocenters. The number of halogens is 1. The van der Waals surface area contributed by atoms with Crippen LogP contribution in [0.4, 0.5) is 11.4 Å². The minimum atomic E-state index is 0.0520. The average Bonchev–Trinajstić information content (AvgIpc) is 2.50. The van der Waals surface area contributed by atoms with Gasteiger partial charge in [0.25, 0.3) is 0 Å². The van der Waals surface area contributed by atoms with E-state index in [1.54, 1.807) is 0 Å². The molecular formula is C18H23BrN2. The summed E-state index contributed by atoms with van der Waals surface area (Å²) < 4.78 is 1.09. The number of hydrogen-bond donors (Lipinski definition) is 1. The molecular weight excluding hydrogens is 324 g/mol. The van der Waals surface area contributed by atoms with E-state index in [1.165, 1.54) is 17.8 Å². The average molecular weight is 347 g/mol. The van der Waals surface area contributed by atoms with E-state index in [2.05, 4.69) is 76.3 Å². The molecule has 2 aromatic rings. The molecule has 2 rings (SSSR count). The van der Waals surface area contributed by atoms with E-state index in [0.717, 1.165) is 23.0 Å². The molecule has 0 bridgehead atoms. The van der Waals surface area contributed by atoms with Gasteiger partial charge in [0.2, 0.25) is 0 Å². The van der Waals surface area contributed by atoms with Crippen LogP contribution < -0.4 is 10.6 Å². The summed E-state index contributed by atoms with van der Waals surface area (Å²) in [7, 11) is 0. The lowest BCUT2D eigenvalue weighted by Gasteiger charge is -2.26. The Balaban J connectivity index is 2.37. The number of nitrogens with zero attached hydrogens (tertiary/aromatic N) is 1. The fourth-order valence-electron chi connectivity index (χ4n) is 2.34. The molecule has 2 aromatic carbocycles. The van der Waals surface area contributed by atoms with Crippen LogP contribution in [0.3, 0.4) is 0 Å². The lowest BCUT2D eigenvalue weighted by Crippen LogP contribution is -2.19. The maximum atomic E-state index is 5.97. The van der Waals surface area contributed by atoms with Gasteiger partial charge in [-0.25, -0.2) is 0 Å². The molecule has 0 aromatic heterocycles. The third-order valence-electron chi connectivity index (χ3n) is 3.59. The molecule has 2 N–H and O–H groups in total. The zero-order chi connectivity index (χ0) is 15.2. The molecule has 0 aliphatic rings. The molecule has 0 aliphatic carbocycles. The third kappa shape index (κ3) is 4.08. The second-order valence-corrected chi connectivity index (χ2v) is 6.19. The zero-order valence-electron chi connectivity index (χ0n) is 12.7. The van der Waals surface area contributed by atoms with E-state index in [1.807, 2.05) is 6.92 Å². The van der Waals surface area contributed by atoms with Crippen LogP contribution in [0.15, 0.2) is 53.0 Å². The van der Waals surface area contributed by atoms with Gasteiger partial charge in [-0.15, -0.1) is 0 Å². The summed E-state index contributed by atoms with van der Waals surface area (Å²) in [6, 6.07) is 17.0. The lowest BCUT2D eigenvalue weighted by atomic mass is 10.1. The predicted octanol–water partition coefficient (Wildman–Crippen LogP) is 5.41. The standard InChI is InChI=1S/C18H23BrN2/c1-3-4-12-21(16-8-6-5-7-9-16)18-11-10-15(14(2)20)13-17(18)19/h5-11,13-14H,3-4,12,20H2,1-2H3/t14-/m1/s1. The molecule has 0 unspecified atom stereocenters. The summed E-state index contributed by atoms with van der Waals surface area (Å²) in [6.45, 7) is 5.24. The van der Waals surface area contributed by atoms with Gasteiger partial charge in [-0.1, -0.05) is 37.6 Å². The van der Waals surface area contributed by atoms with E-state index < -0.39 is 0 Å². The van der Waals surface area contributed by atoms with Crippen molar-refractivity contribution >= 4 is 27.3 Å². The normalized spacial score (nSPS) is 12.2. The molecule has 0 fully saturated rings. The topological polar surface area (TPSA) is 29.3 Å². The lowest BCUT2D eigenvalue weighted by molar-refractivity contribution is 0.783. The minimum absolute atomic E-state index is 0.0520. The molecule has 21 heavy (non-hydrogen) atoms. The van der Waals surface area contributed by atoms with Crippen LogP contribution in [0.25, 0.3) is 0 Å². The number of benzene rings is 2. The SMILES string of the molecule is CCCCN(c1ccccc1)c1ccc([C@@H](C)N)cc1Br. The van der Waals surface area contributed by atoms with Crippen molar-refractivity contribution in [3.63, 3.8) is 0 Å². The highest BCUT2D eigenvalue weighted by Crippen LogP contribution is 2.34. The zero-order valence-corrected chi connectivity index (χ0v) is 14.3. The van der Waals surface area contributed by atoms with Gasteiger partial charge in [0, 0.05) is 22.7 Å². The molecule has 2 nitrogen and oxygen atoms in total. The third-order valence-corrected chi connectivity index (χ3v) is 4.23. The highest BCUT2D eigenvalue weighted by atomic mass is 79.9. The van der Waals surface area contributed by atoms with Gasteiger partial charge >= 0.3 is 0 Å². The molecule has 0 heterocycles. The molecule has 0 saturated heterocycles. The smallest absolute Gasteiger partial charge is 0.0555 e. The van der Waals surface area contributed by atoms with Crippen molar-refractivity contribution in [3.05, 3.63) is 58.6 Å². The Morgan fingerprint density at radius 3 is 2.43 bits per heavy atom. The molecule has 0 spiro atoms. The Bertz CT molecular complexity index is 567. The highest BCUT2D eigenvalue weighted by Gasteiger charge is 2.13. The van der Waals surface area contributed by atoms with E-state index in [-0.39, 0.29) is 6.04 Å². The Kier molecular flexibility index (Phi) is 5.83. The number of para-hydroxylation sites is 1. The first-order chi connectivity index (χ1) is 10.1. The Morgan fingerprint density at radius 1 is 1.14 bits per heavy atom. The first-order valence-electron chi connectivity index (χ1n) is 7.51. The molecule has 0 amide bonds. The quantitative estimate of drug-likeness (QED) is 0.757. The maximum Gasteiger partial charge on any atom is 0.0555 e. The second-order valence-electron chi connectivity index (χ2n) is 5.34. The molecule has 0 saturated carbocycles. The van der Waals surface area contributed by atoms with Crippen LogP contribution in [-0.4, -0.2) is 6.54 Å². The predicted molar refractivity (Wildman–Crippen MR) is 95.1 cm³/mol. The highest BCUT2D eigenvalue weighted by molar-refractivity contribution is 9.10.